The van der Waals surface area contributed by atoms with Gasteiger partial charge < -0.3 is 5.32 Å². The predicted octanol–water partition coefficient (Wildman–Crippen LogP) is -0.0379. The second-order valence-corrected chi connectivity index (χ2v) is 4.36. The third-order valence-electron chi connectivity index (χ3n) is 2.31. The molecule has 0 aromatic heterocycles. The van der Waals surface area contributed by atoms with Crippen molar-refractivity contribution in [3.8, 4) is 0 Å². The van der Waals surface area contributed by atoms with Crippen LogP contribution in [-0.4, -0.2) is 39.9 Å². The molecule has 3 unspecified atom stereocenters. The summed E-state index contributed by atoms with van der Waals surface area (Å²) in [6, 6.07) is 0.835. The van der Waals surface area contributed by atoms with Crippen LogP contribution >= 0.6 is 0 Å². The van der Waals surface area contributed by atoms with E-state index in [-0.39, 0.29) is 0 Å². The fraction of sp³-hybridized carbons (Fsp3) is 1.00. The topological polar surface area (TPSA) is 32.3 Å². The van der Waals surface area contributed by atoms with Crippen LogP contribution in [0.4, 0.5) is 0 Å². The minimum Gasteiger partial charge on any atom is -0.311 e. The molecule has 4 heteroatoms. The quantitative estimate of drug-likeness (QED) is 0.608. The van der Waals surface area contributed by atoms with Gasteiger partial charge in [-0.3, -0.25) is 0 Å². The van der Waals surface area contributed by atoms with Gasteiger partial charge in [0.15, 0.2) is 0 Å². The lowest BCUT2D eigenvalue weighted by atomic mass is 10.1. The average Bonchev–Trinajstić information content (AvgIpc) is 1.94. The summed E-state index contributed by atoms with van der Waals surface area (Å²) in [4.78, 5) is 0. The normalized spacial score (nSPS) is 37.0. The number of nitrogens with one attached hydrogen (secondary N) is 1. The zero-order valence-corrected chi connectivity index (χ0v) is 8.15. The number of hydrogen-bond donors (Lipinski definition) is 1. The van der Waals surface area contributed by atoms with Gasteiger partial charge in [0, 0.05) is 31.4 Å². The molecular formula is C7H16N2OS. The van der Waals surface area contributed by atoms with E-state index in [1.807, 2.05) is 4.31 Å². The van der Waals surface area contributed by atoms with Crippen LogP contribution in [0.25, 0.3) is 0 Å². The number of nitrogens with zero attached hydrogens (tertiary/aromatic N) is 1. The molecule has 1 heterocycles. The number of hydrogen-bond acceptors (Lipinski definition) is 2. The van der Waals surface area contributed by atoms with Crippen molar-refractivity contribution in [3.05, 3.63) is 0 Å². The lowest BCUT2D eigenvalue weighted by molar-refractivity contribution is 0.243. The summed E-state index contributed by atoms with van der Waals surface area (Å²) in [5.41, 5.74) is 0. The van der Waals surface area contributed by atoms with E-state index in [2.05, 4.69) is 19.2 Å². The molecular weight excluding hydrogens is 160 g/mol. The standard InChI is InChI=1S/C7H16N2OS/c1-6-7(2)9(11(3)10)5-4-8-6/h6-8H,4-5H2,1-3H3. The predicted molar refractivity (Wildman–Crippen MR) is 47.7 cm³/mol. The molecule has 0 aliphatic carbocycles. The zero-order chi connectivity index (χ0) is 8.43. The lowest BCUT2D eigenvalue weighted by Gasteiger charge is -2.36. The first-order valence-electron chi connectivity index (χ1n) is 3.96. The first-order valence-corrected chi connectivity index (χ1v) is 5.48. The van der Waals surface area contributed by atoms with Gasteiger partial charge in [0.1, 0.15) is 0 Å². The number of rotatable bonds is 1. The molecule has 0 bridgehead atoms. The molecule has 1 aliphatic rings. The second-order valence-electron chi connectivity index (χ2n) is 3.05. The van der Waals surface area contributed by atoms with Crippen LogP contribution < -0.4 is 5.32 Å². The molecule has 0 radical (unpaired) electrons. The molecule has 11 heavy (non-hydrogen) atoms. The fourth-order valence-electron chi connectivity index (χ4n) is 1.39. The summed E-state index contributed by atoms with van der Waals surface area (Å²) in [5, 5.41) is 3.34. The maximum absolute atomic E-state index is 11.2. The highest BCUT2D eigenvalue weighted by Crippen LogP contribution is 2.09. The van der Waals surface area contributed by atoms with Crippen molar-refractivity contribution >= 4 is 11.0 Å². The van der Waals surface area contributed by atoms with Crippen LogP contribution in [0.5, 0.6) is 0 Å². The zero-order valence-electron chi connectivity index (χ0n) is 7.33. The molecule has 0 aromatic carbocycles. The first-order chi connectivity index (χ1) is 5.13. The minimum absolute atomic E-state index is 0.384. The van der Waals surface area contributed by atoms with Crippen LogP contribution in [0.2, 0.25) is 0 Å². The van der Waals surface area contributed by atoms with Crippen molar-refractivity contribution < 1.29 is 4.21 Å². The Bertz CT molecular complexity index is 163. The monoisotopic (exact) mass is 176 g/mol. The van der Waals surface area contributed by atoms with E-state index in [0.29, 0.717) is 12.1 Å². The Labute approximate surface area is 70.7 Å². The second kappa shape index (κ2) is 3.65. The molecule has 1 saturated heterocycles. The van der Waals surface area contributed by atoms with E-state index in [1.54, 1.807) is 6.26 Å². The van der Waals surface area contributed by atoms with E-state index in [4.69, 9.17) is 0 Å². The van der Waals surface area contributed by atoms with E-state index < -0.39 is 11.0 Å². The van der Waals surface area contributed by atoms with Crippen molar-refractivity contribution in [1.29, 1.82) is 0 Å². The Hall–Kier alpha value is 0.0700. The van der Waals surface area contributed by atoms with Gasteiger partial charge in [-0.2, -0.15) is 0 Å². The van der Waals surface area contributed by atoms with E-state index in [1.165, 1.54) is 0 Å². The Morgan fingerprint density at radius 2 is 2.18 bits per heavy atom. The summed E-state index contributed by atoms with van der Waals surface area (Å²) in [6.07, 6.45) is 1.74. The third-order valence-corrected chi connectivity index (χ3v) is 3.48. The summed E-state index contributed by atoms with van der Waals surface area (Å²) >= 11 is 0. The Morgan fingerprint density at radius 3 is 2.64 bits per heavy atom. The molecule has 1 rings (SSSR count). The van der Waals surface area contributed by atoms with E-state index >= 15 is 0 Å². The maximum atomic E-state index is 11.2. The highest BCUT2D eigenvalue weighted by atomic mass is 32.2. The van der Waals surface area contributed by atoms with Crippen molar-refractivity contribution in [1.82, 2.24) is 9.62 Å². The Kier molecular flexibility index (Phi) is 3.04. The summed E-state index contributed by atoms with van der Waals surface area (Å²) in [6.45, 7) is 6.08. The molecule has 1 fully saturated rings. The van der Waals surface area contributed by atoms with E-state index in [9.17, 15) is 4.21 Å². The molecule has 0 spiro atoms. The Balaban J connectivity index is 2.58. The van der Waals surface area contributed by atoms with Crippen molar-refractivity contribution in [2.75, 3.05) is 19.3 Å². The van der Waals surface area contributed by atoms with Gasteiger partial charge >= 0.3 is 0 Å². The van der Waals surface area contributed by atoms with Gasteiger partial charge in [-0.05, 0) is 13.8 Å². The van der Waals surface area contributed by atoms with Crippen molar-refractivity contribution in [2.45, 2.75) is 25.9 Å². The molecule has 0 aromatic rings. The molecule has 0 amide bonds. The average molecular weight is 176 g/mol. The van der Waals surface area contributed by atoms with Crippen LogP contribution in [0.3, 0.4) is 0 Å². The largest absolute Gasteiger partial charge is 0.311 e. The van der Waals surface area contributed by atoms with Crippen LogP contribution in [0.1, 0.15) is 13.8 Å². The highest BCUT2D eigenvalue weighted by molar-refractivity contribution is 7.81. The summed E-state index contributed by atoms with van der Waals surface area (Å²) in [7, 11) is -0.809. The van der Waals surface area contributed by atoms with Crippen LogP contribution in [0.15, 0.2) is 0 Å². The summed E-state index contributed by atoms with van der Waals surface area (Å²) < 4.78 is 13.2. The SMILES string of the molecule is CC1NCCN(S(C)=O)C1C. The van der Waals surface area contributed by atoms with Crippen LogP contribution in [-0.2, 0) is 11.0 Å². The third kappa shape index (κ3) is 2.01. The van der Waals surface area contributed by atoms with Gasteiger partial charge in [-0.1, -0.05) is 0 Å². The van der Waals surface area contributed by atoms with Gasteiger partial charge in [-0.25, -0.2) is 8.51 Å². The Morgan fingerprint density at radius 1 is 1.55 bits per heavy atom. The highest BCUT2D eigenvalue weighted by Gasteiger charge is 2.25. The number of piperazine rings is 1. The van der Waals surface area contributed by atoms with Crippen molar-refractivity contribution in [2.24, 2.45) is 0 Å². The van der Waals surface area contributed by atoms with Gasteiger partial charge in [0.25, 0.3) is 0 Å². The fourth-order valence-corrected chi connectivity index (χ4v) is 2.39. The molecule has 3 atom stereocenters. The molecule has 3 nitrogen and oxygen atoms in total. The van der Waals surface area contributed by atoms with E-state index in [0.717, 1.165) is 13.1 Å². The molecule has 66 valence electrons. The molecule has 1 N–H and O–H groups in total. The first kappa shape index (κ1) is 9.16. The maximum Gasteiger partial charge on any atom is 0.0914 e. The lowest BCUT2D eigenvalue weighted by Crippen LogP contribution is -2.55. The summed E-state index contributed by atoms with van der Waals surface area (Å²) in [5.74, 6) is 0. The minimum atomic E-state index is -0.809. The van der Waals surface area contributed by atoms with Crippen molar-refractivity contribution in [3.63, 3.8) is 0 Å². The molecule has 1 aliphatic heterocycles. The van der Waals surface area contributed by atoms with Gasteiger partial charge in [-0.15, -0.1) is 0 Å². The smallest absolute Gasteiger partial charge is 0.0914 e. The molecule has 0 saturated carbocycles. The van der Waals surface area contributed by atoms with Crippen LogP contribution in [0, 0.1) is 0 Å². The van der Waals surface area contributed by atoms with Gasteiger partial charge in [0.2, 0.25) is 0 Å². The van der Waals surface area contributed by atoms with Gasteiger partial charge in [0.05, 0.1) is 11.0 Å².